The van der Waals surface area contributed by atoms with Gasteiger partial charge in [-0.05, 0) is 24.3 Å². The van der Waals surface area contributed by atoms with Gasteiger partial charge >= 0.3 is 0 Å². The maximum Gasteiger partial charge on any atom is 0.143 e. The van der Waals surface area contributed by atoms with Crippen molar-refractivity contribution in [3.8, 4) is 5.75 Å². The number of allylic oxidation sites excluding steroid dienone is 2. The summed E-state index contributed by atoms with van der Waals surface area (Å²) in [6.07, 6.45) is 4.27. The Hall–Kier alpha value is -1.79. The Balaban J connectivity index is 1.98. The molecule has 1 aromatic carbocycles. The topological polar surface area (TPSA) is 66.1 Å². The summed E-state index contributed by atoms with van der Waals surface area (Å²) in [5.74, 6) is 3.26. The number of benzene rings is 1. The maximum absolute atomic E-state index is 6.18. The van der Waals surface area contributed by atoms with Crippen molar-refractivity contribution in [2.24, 2.45) is 10.7 Å². The van der Waals surface area contributed by atoms with Crippen LogP contribution in [0.15, 0.2) is 50.8 Å². The first-order chi connectivity index (χ1) is 11.6. The average Bonchev–Trinajstić information content (AvgIpc) is 2.78. The minimum Gasteiger partial charge on any atom is -0.501 e. The Morgan fingerprint density at radius 3 is 3.00 bits per heavy atom. The second-order valence-electron chi connectivity index (χ2n) is 6.16. The number of hydrogen-bond acceptors (Lipinski definition) is 5. The van der Waals surface area contributed by atoms with Crippen LogP contribution in [0.4, 0.5) is 0 Å². The molecule has 3 aliphatic rings. The highest BCUT2D eigenvalue weighted by molar-refractivity contribution is 9.10. The third-order valence-corrected chi connectivity index (χ3v) is 5.17. The molecule has 2 N–H and O–H groups in total. The molecule has 1 aromatic rings. The monoisotopic (exact) mass is 390 g/mol. The zero-order valence-corrected chi connectivity index (χ0v) is 15.1. The fourth-order valence-electron chi connectivity index (χ4n) is 3.50. The number of amidine groups is 1. The van der Waals surface area contributed by atoms with Crippen molar-refractivity contribution < 1.29 is 14.2 Å². The summed E-state index contributed by atoms with van der Waals surface area (Å²) < 4.78 is 18.5. The Morgan fingerprint density at radius 2 is 2.17 bits per heavy atom. The largest absolute Gasteiger partial charge is 0.501 e. The smallest absolute Gasteiger partial charge is 0.143 e. The first kappa shape index (κ1) is 15.7. The number of fused-ring (bicyclic) bond motifs is 3. The van der Waals surface area contributed by atoms with E-state index in [0.717, 1.165) is 45.7 Å². The predicted molar refractivity (Wildman–Crippen MR) is 94.9 cm³/mol. The number of aliphatic imine (C=N–C) groups is 1. The fraction of sp³-hybridized carbons (Fsp3) is 0.389. The maximum atomic E-state index is 6.18. The van der Waals surface area contributed by atoms with Gasteiger partial charge in [0, 0.05) is 34.9 Å². The predicted octanol–water partition coefficient (Wildman–Crippen LogP) is 3.39. The molecule has 0 saturated heterocycles. The summed E-state index contributed by atoms with van der Waals surface area (Å²) in [6.45, 7) is 1.01. The van der Waals surface area contributed by atoms with E-state index in [9.17, 15) is 0 Å². The van der Waals surface area contributed by atoms with E-state index in [1.807, 2.05) is 24.3 Å². The van der Waals surface area contributed by atoms with Crippen LogP contribution in [0.5, 0.6) is 5.75 Å². The minimum atomic E-state index is -0.683. The standard InChI is InChI=1S/C18H19BrN2O3/c1-22-12-3-5-16-14(9-12)18(10-23-7-6-17(20)21-18)13-8-11(19)2-4-15(13)24-16/h2,4,8-9H,3,5-7,10H2,1H3,(H2,20,21). The number of nitrogens with two attached hydrogens (primary N) is 1. The zero-order valence-electron chi connectivity index (χ0n) is 13.5. The molecule has 6 heteroatoms. The third kappa shape index (κ3) is 2.45. The summed E-state index contributed by atoms with van der Waals surface area (Å²) >= 11 is 3.56. The lowest BCUT2D eigenvalue weighted by atomic mass is 9.78. The molecule has 0 amide bonds. The molecular weight excluding hydrogens is 372 g/mol. The van der Waals surface area contributed by atoms with Gasteiger partial charge in [0.1, 0.15) is 17.0 Å². The van der Waals surface area contributed by atoms with Gasteiger partial charge in [-0.1, -0.05) is 15.9 Å². The lowest BCUT2D eigenvalue weighted by molar-refractivity contribution is 0.104. The van der Waals surface area contributed by atoms with E-state index in [1.165, 1.54) is 0 Å². The van der Waals surface area contributed by atoms with E-state index in [2.05, 4.69) is 15.9 Å². The molecular formula is C18H19BrN2O3. The highest BCUT2D eigenvalue weighted by Gasteiger charge is 2.46. The van der Waals surface area contributed by atoms with Gasteiger partial charge in [-0.25, -0.2) is 0 Å². The second-order valence-corrected chi connectivity index (χ2v) is 7.08. The first-order valence-corrected chi connectivity index (χ1v) is 8.80. The Labute approximate surface area is 149 Å². The summed E-state index contributed by atoms with van der Waals surface area (Å²) in [7, 11) is 1.69. The molecule has 2 aliphatic heterocycles. The number of rotatable bonds is 1. The summed E-state index contributed by atoms with van der Waals surface area (Å²) in [6, 6.07) is 5.98. The molecule has 1 spiro atoms. The van der Waals surface area contributed by atoms with Crippen molar-refractivity contribution in [2.45, 2.75) is 24.8 Å². The fourth-order valence-corrected chi connectivity index (χ4v) is 3.86. The normalized spacial score (nSPS) is 25.9. The molecule has 0 saturated carbocycles. The van der Waals surface area contributed by atoms with Crippen LogP contribution in [-0.2, 0) is 15.0 Å². The molecule has 0 fully saturated rings. The van der Waals surface area contributed by atoms with E-state index in [1.54, 1.807) is 7.11 Å². The van der Waals surface area contributed by atoms with Gasteiger partial charge < -0.3 is 19.9 Å². The number of nitrogens with zero attached hydrogens (tertiary/aromatic N) is 1. The van der Waals surface area contributed by atoms with Crippen molar-refractivity contribution >= 4 is 21.8 Å². The van der Waals surface area contributed by atoms with Crippen LogP contribution in [0.1, 0.15) is 24.8 Å². The van der Waals surface area contributed by atoms with Crippen molar-refractivity contribution in [3.05, 3.63) is 51.4 Å². The van der Waals surface area contributed by atoms with Crippen LogP contribution in [0.2, 0.25) is 0 Å². The molecule has 5 nitrogen and oxygen atoms in total. The summed E-state index contributed by atoms with van der Waals surface area (Å²) in [5, 5.41) is 0. The second kappa shape index (κ2) is 5.93. The average molecular weight is 391 g/mol. The van der Waals surface area contributed by atoms with Gasteiger partial charge in [-0.2, -0.15) is 0 Å². The van der Waals surface area contributed by atoms with Crippen LogP contribution < -0.4 is 10.5 Å². The number of halogens is 1. The Bertz CT molecular complexity index is 784. The van der Waals surface area contributed by atoms with E-state index in [-0.39, 0.29) is 0 Å². The molecule has 0 radical (unpaired) electrons. The molecule has 2 heterocycles. The van der Waals surface area contributed by atoms with E-state index >= 15 is 0 Å². The Kier molecular flexibility index (Phi) is 3.89. The highest BCUT2D eigenvalue weighted by Crippen LogP contribution is 2.50. The SMILES string of the molecule is COC1=CC2=C(CC1)Oc1ccc(Br)cc1C21COCCC(N)=N1. The van der Waals surface area contributed by atoms with Crippen molar-refractivity contribution in [2.75, 3.05) is 20.3 Å². The van der Waals surface area contributed by atoms with Gasteiger partial charge in [0.2, 0.25) is 0 Å². The summed E-state index contributed by atoms with van der Waals surface area (Å²) in [4.78, 5) is 4.91. The van der Waals surface area contributed by atoms with Crippen LogP contribution in [-0.4, -0.2) is 26.2 Å². The lowest BCUT2D eigenvalue weighted by Crippen LogP contribution is -2.38. The number of methoxy groups -OCH3 is 1. The first-order valence-electron chi connectivity index (χ1n) is 8.00. The quantitative estimate of drug-likeness (QED) is 0.797. The third-order valence-electron chi connectivity index (χ3n) is 4.68. The van der Waals surface area contributed by atoms with Crippen molar-refractivity contribution in [3.63, 3.8) is 0 Å². The molecule has 4 rings (SSSR count). The van der Waals surface area contributed by atoms with Crippen LogP contribution in [0.3, 0.4) is 0 Å². The van der Waals surface area contributed by atoms with E-state index in [4.69, 9.17) is 24.9 Å². The van der Waals surface area contributed by atoms with Crippen molar-refractivity contribution in [1.29, 1.82) is 0 Å². The van der Waals surface area contributed by atoms with Gasteiger partial charge in [0.15, 0.2) is 0 Å². The number of ether oxygens (including phenoxy) is 3. The van der Waals surface area contributed by atoms with E-state index in [0.29, 0.717) is 25.5 Å². The minimum absolute atomic E-state index is 0.437. The van der Waals surface area contributed by atoms with Crippen LogP contribution in [0.25, 0.3) is 0 Å². The van der Waals surface area contributed by atoms with Gasteiger partial charge in [-0.3, -0.25) is 4.99 Å². The van der Waals surface area contributed by atoms with E-state index < -0.39 is 5.54 Å². The molecule has 0 bridgehead atoms. The van der Waals surface area contributed by atoms with Gasteiger partial charge in [0.25, 0.3) is 0 Å². The molecule has 1 aliphatic carbocycles. The molecule has 1 unspecified atom stereocenters. The molecule has 1 atom stereocenters. The Morgan fingerprint density at radius 1 is 1.29 bits per heavy atom. The lowest BCUT2D eigenvalue weighted by Gasteiger charge is -2.39. The van der Waals surface area contributed by atoms with Gasteiger partial charge in [-0.15, -0.1) is 0 Å². The molecule has 0 aromatic heterocycles. The number of hydrogen-bond donors (Lipinski definition) is 1. The molecule has 126 valence electrons. The van der Waals surface area contributed by atoms with Crippen molar-refractivity contribution in [1.82, 2.24) is 0 Å². The van der Waals surface area contributed by atoms with Crippen LogP contribution >= 0.6 is 15.9 Å². The summed E-state index contributed by atoms with van der Waals surface area (Å²) in [5.41, 5.74) is 7.44. The molecule has 24 heavy (non-hydrogen) atoms. The zero-order chi connectivity index (χ0) is 16.7. The highest BCUT2D eigenvalue weighted by atomic mass is 79.9. The van der Waals surface area contributed by atoms with Gasteiger partial charge in [0.05, 0.1) is 31.9 Å². The van der Waals surface area contributed by atoms with Crippen LogP contribution in [0, 0.1) is 0 Å².